The molecule has 0 fully saturated rings. The third-order valence-electron chi connectivity index (χ3n) is 2.78. The second-order valence-corrected chi connectivity index (χ2v) is 5.67. The van der Waals surface area contributed by atoms with E-state index in [1.54, 1.807) is 29.5 Å². The number of anilines is 1. The van der Waals surface area contributed by atoms with Gasteiger partial charge in [0.1, 0.15) is 0 Å². The number of ketones is 1. The first kappa shape index (κ1) is 13.3. The molecule has 1 N–H and O–H groups in total. The maximum absolute atomic E-state index is 11.6. The molecule has 0 aliphatic rings. The van der Waals surface area contributed by atoms with Gasteiger partial charge >= 0.3 is 0 Å². The van der Waals surface area contributed by atoms with Gasteiger partial charge < -0.3 is 5.32 Å². The summed E-state index contributed by atoms with van der Waals surface area (Å²) in [7, 11) is 0. The van der Waals surface area contributed by atoms with Gasteiger partial charge in [-0.15, -0.1) is 11.3 Å². The lowest BCUT2D eigenvalue weighted by Crippen LogP contribution is -2.04. The average molecular weight is 270 g/mol. The molecule has 0 bridgehead atoms. The van der Waals surface area contributed by atoms with Crippen molar-refractivity contribution >= 4 is 22.8 Å². The SMILES string of the molecule is CC(=O)c1ccc(C#N)cc1NCc1ccc(C)s1. The van der Waals surface area contributed by atoms with E-state index in [9.17, 15) is 4.79 Å². The van der Waals surface area contributed by atoms with Crippen LogP contribution in [-0.2, 0) is 6.54 Å². The Balaban J connectivity index is 2.22. The Kier molecular flexibility index (Phi) is 3.98. The van der Waals surface area contributed by atoms with Crippen molar-refractivity contribution in [1.29, 1.82) is 5.26 Å². The summed E-state index contributed by atoms with van der Waals surface area (Å²) in [5.74, 6) is -0.00523. The van der Waals surface area contributed by atoms with Crippen molar-refractivity contribution < 1.29 is 4.79 Å². The van der Waals surface area contributed by atoms with Crippen LogP contribution in [0.5, 0.6) is 0 Å². The van der Waals surface area contributed by atoms with Gasteiger partial charge in [-0.1, -0.05) is 0 Å². The first-order valence-corrected chi connectivity index (χ1v) is 6.76. The molecule has 0 amide bonds. The molecule has 2 rings (SSSR count). The number of rotatable bonds is 4. The zero-order chi connectivity index (χ0) is 13.8. The topological polar surface area (TPSA) is 52.9 Å². The Morgan fingerprint density at radius 3 is 2.74 bits per heavy atom. The normalized spacial score (nSPS) is 9.95. The summed E-state index contributed by atoms with van der Waals surface area (Å²) in [6, 6.07) is 11.3. The molecule has 1 aromatic carbocycles. The molecule has 0 aliphatic heterocycles. The minimum absolute atomic E-state index is 0.00523. The van der Waals surface area contributed by atoms with Crippen molar-refractivity contribution in [1.82, 2.24) is 0 Å². The smallest absolute Gasteiger partial charge is 0.161 e. The van der Waals surface area contributed by atoms with Crippen LogP contribution in [-0.4, -0.2) is 5.78 Å². The van der Waals surface area contributed by atoms with Crippen LogP contribution in [0.2, 0.25) is 0 Å². The van der Waals surface area contributed by atoms with Crippen LogP contribution in [0.15, 0.2) is 30.3 Å². The molecule has 1 aromatic heterocycles. The second kappa shape index (κ2) is 5.68. The Morgan fingerprint density at radius 2 is 2.16 bits per heavy atom. The molecular formula is C15H14N2OS. The van der Waals surface area contributed by atoms with Gasteiger partial charge in [-0.25, -0.2) is 0 Å². The van der Waals surface area contributed by atoms with Crippen molar-refractivity contribution in [3.8, 4) is 6.07 Å². The van der Waals surface area contributed by atoms with Crippen molar-refractivity contribution in [2.75, 3.05) is 5.32 Å². The van der Waals surface area contributed by atoms with E-state index in [0.717, 1.165) is 5.69 Å². The molecule has 2 aromatic rings. The first-order chi connectivity index (χ1) is 9.10. The highest BCUT2D eigenvalue weighted by Crippen LogP contribution is 2.21. The van der Waals surface area contributed by atoms with Gasteiger partial charge in [0.05, 0.1) is 11.6 Å². The van der Waals surface area contributed by atoms with E-state index in [1.165, 1.54) is 16.7 Å². The molecule has 0 aliphatic carbocycles. The number of nitrogens with zero attached hydrogens (tertiary/aromatic N) is 1. The first-order valence-electron chi connectivity index (χ1n) is 5.94. The number of carbonyl (C=O) groups is 1. The lowest BCUT2D eigenvalue weighted by Gasteiger charge is -2.09. The Labute approximate surface area is 116 Å². The van der Waals surface area contributed by atoms with Crippen molar-refractivity contribution in [2.24, 2.45) is 0 Å². The largest absolute Gasteiger partial charge is 0.380 e. The van der Waals surface area contributed by atoms with E-state index in [2.05, 4.69) is 30.4 Å². The molecule has 3 nitrogen and oxygen atoms in total. The van der Waals surface area contributed by atoms with Crippen LogP contribution in [0.1, 0.15) is 32.6 Å². The van der Waals surface area contributed by atoms with Crippen LogP contribution >= 0.6 is 11.3 Å². The fraction of sp³-hybridized carbons (Fsp3) is 0.200. The molecule has 4 heteroatoms. The molecular weight excluding hydrogens is 256 g/mol. The lowest BCUT2D eigenvalue weighted by molar-refractivity contribution is 0.101. The van der Waals surface area contributed by atoms with Gasteiger partial charge in [0.2, 0.25) is 0 Å². The van der Waals surface area contributed by atoms with Gasteiger partial charge in [-0.2, -0.15) is 5.26 Å². The Bertz CT molecular complexity index is 652. The van der Waals surface area contributed by atoms with Gasteiger partial charge in [0.25, 0.3) is 0 Å². The minimum Gasteiger partial charge on any atom is -0.380 e. The molecule has 96 valence electrons. The molecule has 0 atom stereocenters. The number of hydrogen-bond donors (Lipinski definition) is 1. The summed E-state index contributed by atoms with van der Waals surface area (Å²) < 4.78 is 0. The lowest BCUT2D eigenvalue weighted by atomic mass is 10.1. The molecule has 0 spiro atoms. The van der Waals surface area contributed by atoms with E-state index in [-0.39, 0.29) is 5.78 Å². The maximum atomic E-state index is 11.6. The molecule has 0 saturated carbocycles. The van der Waals surface area contributed by atoms with Gasteiger partial charge in [0.15, 0.2) is 5.78 Å². The summed E-state index contributed by atoms with van der Waals surface area (Å²) >= 11 is 1.72. The summed E-state index contributed by atoms with van der Waals surface area (Å²) in [5, 5.41) is 12.2. The third-order valence-corrected chi connectivity index (χ3v) is 3.78. The third kappa shape index (κ3) is 3.21. The molecule has 0 saturated heterocycles. The number of hydrogen-bond acceptors (Lipinski definition) is 4. The van der Waals surface area contributed by atoms with Crippen LogP contribution < -0.4 is 5.32 Å². The summed E-state index contributed by atoms with van der Waals surface area (Å²) in [4.78, 5) is 14.0. The van der Waals surface area contributed by atoms with Gasteiger partial charge in [0, 0.05) is 27.5 Å². The number of Topliss-reactive ketones (excluding diaryl/α,β-unsaturated/α-hetero) is 1. The average Bonchev–Trinajstić information content (AvgIpc) is 2.81. The quantitative estimate of drug-likeness (QED) is 0.861. The van der Waals surface area contributed by atoms with E-state index in [0.29, 0.717) is 17.7 Å². The van der Waals surface area contributed by atoms with Crippen LogP contribution in [0.4, 0.5) is 5.69 Å². The number of nitrogens with one attached hydrogen (secondary N) is 1. The highest BCUT2D eigenvalue weighted by atomic mass is 32.1. The fourth-order valence-electron chi connectivity index (χ4n) is 1.83. The standard InChI is InChI=1S/C15H14N2OS/c1-10-3-5-13(19-10)9-17-15-7-12(8-16)4-6-14(15)11(2)18/h3-7,17H,9H2,1-2H3. The highest BCUT2D eigenvalue weighted by Gasteiger charge is 2.08. The number of thiophene rings is 1. The number of carbonyl (C=O) groups excluding carboxylic acids is 1. The van der Waals surface area contributed by atoms with E-state index < -0.39 is 0 Å². The fourth-order valence-corrected chi connectivity index (χ4v) is 2.66. The van der Waals surface area contributed by atoms with Crippen LogP contribution in [0, 0.1) is 18.3 Å². The predicted molar refractivity (Wildman–Crippen MR) is 77.5 cm³/mol. The molecule has 1 heterocycles. The van der Waals surface area contributed by atoms with Crippen LogP contribution in [0.3, 0.4) is 0 Å². The van der Waals surface area contributed by atoms with Crippen LogP contribution in [0.25, 0.3) is 0 Å². The number of nitriles is 1. The number of aryl methyl sites for hydroxylation is 1. The summed E-state index contributed by atoms with van der Waals surface area (Å²) in [6.45, 7) is 4.25. The highest BCUT2D eigenvalue weighted by molar-refractivity contribution is 7.11. The number of benzene rings is 1. The van der Waals surface area contributed by atoms with Crippen molar-refractivity contribution in [2.45, 2.75) is 20.4 Å². The zero-order valence-corrected chi connectivity index (χ0v) is 11.7. The molecule has 0 radical (unpaired) electrons. The van der Waals surface area contributed by atoms with Gasteiger partial charge in [-0.05, 0) is 44.2 Å². The summed E-state index contributed by atoms with van der Waals surface area (Å²) in [5.41, 5.74) is 1.89. The Hall–Kier alpha value is -2.12. The second-order valence-electron chi connectivity index (χ2n) is 4.29. The van der Waals surface area contributed by atoms with Gasteiger partial charge in [-0.3, -0.25) is 4.79 Å². The Morgan fingerprint density at radius 1 is 1.37 bits per heavy atom. The molecule has 19 heavy (non-hydrogen) atoms. The zero-order valence-electron chi connectivity index (χ0n) is 10.9. The maximum Gasteiger partial charge on any atom is 0.161 e. The van der Waals surface area contributed by atoms with Crippen molar-refractivity contribution in [3.05, 3.63) is 51.2 Å². The molecule has 0 unspecified atom stereocenters. The predicted octanol–water partition coefficient (Wildman–Crippen LogP) is 3.74. The van der Waals surface area contributed by atoms with E-state index >= 15 is 0 Å². The summed E-state index contributed by atoms with van der Waals surface area (Å²) in [6.07, 6.45) is 0. The van der Waals surface area contributed by atoms with Crippen molar-refractivity contribution in [3.63, 3.8) is 0 Å². The van der Waals surface area contributed by atoms with E-state index in [4.69, 9.17) is 5.26 Å². The monoisotopic (exact) mass is 270 g/mol. The van der Waals surface area contributed by atoms with E-state index in [1.807, 2.05) is 0 Å². The minimum atomic E-state index is -0.00523.